The number of carbonyl (C=O) groups is 2. The van der Waals surface area contributed by atoms with E-state index in [1.807, 2.05) is 0 Å². The molecule has 1 N–H and O–H groups in total. The molecule has 0 aliphatic rings. The van der Waals surface area contributed by atoms with E-state index in [9.17, 15) is 28.1 Å². The predicted octanol–water partition coefficient (Wildman–Crippen LogP) is 3.91. The number of hydrogen-bond acceptors (Lipinski definition) is 7. The lowest BCUT2D eigenvalue weighted by Gasteiger charge is -2.24. The molecule has 0 unspecified atom stereocenters. The summed E-state index contributed by atoms with van der Waals surface area (Å²) in [6, 6.07) is 18.2. The highest BCUT2D eigenvalue weighted by Crippen LogP contribution is 2.27. The van der Waals surface area contributed by atoms with Crippen molar-refractivity contribution < 1.29 is 27.7 Å². The van der Waals surface area contributed by atoms with Gasteiger partial charge in [0.1, 0.15) is 5.69 Å². The number of rotatable bonds is 9. The Hall–Kier alpha value is -4.25. The van der Waals surface area contributed by atoms with E-state index >= 15 is 0 Å². The first-order valence-corrected chi connectivity index (χ1v) is 12.0. The molecule has 1 amide bonds. The Bertz CT molecular complexity index is 1360. The fourth-order valence-corrected chi connectivity index (χ4v) is 5.08. The van der Waals surface area contributed by atoms with Gasteiger partial charge < -0.3 is 10.1 Å². The third kappa shape index (κ3) is 5.82. The van der Waals surface area contributed by atoms with Gasteiger partial charge in [-0.15, -0.1) is 0 Å². The summed E-state index contributed by atoms with van der Waals surface area (Å²) in [6.45, 7) is 2.77. The highest BCUT2D eigenvalue weighted by molar-refractivity contribution is 7.92. The van der Waals surface area contributed by atoms with E-state index < -0.39 is 33.4 Å². The van der Waals surface area contributed by atoms with Gasteiger partial charge in [-0.3, -0.25) is 19.2 Å². The van der Waals surface area contributed by atoms with Gasteiger partial charge in [-0.25, -0.2) is 13.2 Å². The monoisotopic (exact) mass is 497 g/mol. The maximum absolute atomic E-state index is 13.4. The van der Waals surface area contributed by atoms with Crippen molar-refractivity contribution in [3.63, 3.8) is 0 Å². The van der Waals surface area contributed by atoms with Crippen molar-refractivity contribution in [2.24, 2.45) is 0 Å². The normalized spacial score (nSPS) is 10.9. The van der Waals surface area contributed by atoms with E-state index in [0.29, 0.717) is 11.3 Å². The second kappa shape index (κ2) is 10.8. The average molecular weight is 498 g/mol. The first kappa shape index (κ1) is 25.4. The molecule has 10 nitrogen and oxygen atoms in total. The van der Waals surface area contributed by atoms with E-state index in [2.05, 4.69) is 5.32 Å². The van der Waals surface area contributed by atoms with Crippen LogP contribution in [-0.4, -0.2) is 38.4 Å². The predicted molar refractivity (Wildman–Crippen MR) is 130 cm³/mol. The number of carbonyl (C=O) groups excluding carboxylic acids is 2. The molecule has 0 radical (unpaired) electrons. The molecule has 3 aromatic carbocycles. The van der Waals surface area contributed by atoms with Crippen molar-refractivity contribution in [1.82, 2.24) is 0 Å². The number of ether oxygens (including phenoxy) is 1. The Morgan fingerprint density at radius 1 is 1.03 bits per heavy atom. The van der Waals surface area contributed by atoms with Crippen LogP contribution in [0.25, 0.3) is 0 Å². The zero-order chi connectivity index (χ0) is 25.6. The first-order chi connectivity index (χ1) is 16.6. The van der Waals surface area contributed by atoms with Crippen LogP contribution in [0.2, 0.25) is 0 Å². The minimum absolute atomic E-state index is 0.0390. The molecule has 0 aromatic heterocycles. The lowest BCUT2D eigenvalue weighted by Crippen LogP contribution is -2.31. The fourth-order valence-electron chi connectivity index (χ4n) is 3.35. The Kier molecular flexibility index (Phi) is 7.82. The topological polar surface area (TPSA) is 136 Å². The van der Waals surface area contributed by atoms with Gasteiger partial charge in [0.25, 0.3) is 21.6 Å². The summed E-state index contributed by atoms with van der Waals surface area (Å²) in [7, 11) is -3.99. The summed E-state index contributed by atoms with van der Waals surface area (Å²) in [5, 5.41) is 13.4. The quantitative estimate of drug-likeness (QED) is 0.269. The van der Waals surface area contributed by atoms with Crippen molar-refractivity contribution in [3.05, 3.63) is 94.0 Å². The number of sulfonamides is 1. The minimum Gasteiger partial charge on any atom is -0.452 e. The molecule has 0 bridgehead atoms. The average Bonchev–Trinajstić information content (AvgIpc) is 2.84. The van der Waals surface area contributed by atoms with Crippen molar-refractivity contribution in [3.8, 4) is 0 Å². The van der Waals surface area contributed by atoms with Crippen LogP contribution in [0.15, 0.2) is 77.7 Å². The largest absolute Gasteiger partial charge is 0.452 e. The van der Waals surface area contributed by atoms with E-state index in [4.69, 9.17) is 4.74 Å². The van der Waals surface area contributed by atoms with Crippen LogP contribution in [0.5, 0.6) is 0 Å². The molecule has 182 valence electrons. The smallest absolute Gasteiger partial charge is 0.338 e. The van der Waals surface area contributed by atoms with Gasteiger partial charge in [0, 0.05) is 12.6 Å². The number of aryl methyl sites for hydroxylation is 1. The van der Waals surface area contributed by atoms with Crippen LogP contribution < -0.4 is 9.62 Å². The maximum Gasteiger partial charge on any atom is 0.338 e. The summed E-state index contributed by atoms with van der Waals surface area (Å²) >= 11 is 0. The van der Waals surface area contributed by atoms with Gasteiger partial charge >= 0.3 is 5.97 Å². The van der Waals surface area contributed by atoms with Gasteiger partial charge in [-0.05, 0) is 49.7 Å². The zero-order valence-electron chi connectivity index (χ0n) is 19.0. The molecule has 35 heavy (non-hydrogen) atoms. The number of nitrogens with one attached hydrogen (secondary N) is 1. The van der Waals surface area contributed by atoms with Gasteiger partial charge in [0.05, 0.1) is 21.1 Å². The second-order valence-corrected chi connectivity index (χ2v) is 9.21. The summed E-state index contributed by atoms with van der Waals surface area (Å²) < 4.78 is 33.0. The highest BCUT2D eigenvalue weighted by atomic mass is 32.2. The van der Waals surface area contributed by atoms with Crippen molar-refractivity contribution >= 4 is 39.0 Å². The number of nitro groups is 1. The molecular formula is C24H23N3O7S. The molecule has 0 saturated carbocycles. The van der Waals surface area contributed by atoms with Gasteiger partial charge in [-0.1, -0.05) is 36.4 Å². The molecule has 3 aromatic rings. The Morgan fingerprint density at radius 3 is 2.34 bits per heavy atom. The number of nitrogens with zero attached hydrogens (tertiary/aromatic N) is 2. The first-order valence-electron chi connectivity index (χ1n) is 10.5. The van der Waals surface area contributed by atoms with Crippen LogP contribution in [0.1, 0.15) is 22.8 Å². The van der Waals surface area contributed by atoms with Gasteiger partial charge in [0.2, 0.25) is 0 Å². The zero-order valence-corrected chi connectivity index (χ0v) is 19.8. The van der Waals surface area contributed by atoms with Crippen molar-refractivity contribution in [1.29, 1.82) is 0 Å². The number of benzene rings is 3. The lowest BCUT2D eigenvalue weighted by atomic mass is 10.1. The van der Waals surface area contributed by atoms with Crippen LogP contribution >= 0.6 is 0 Å². The Morgan fingerprint density at radius 2 is 1.69 bits per heavy atom. The van der Waals surface area contributed by atoms with Gasteiger partial charge in [-0.2, -0.15) is 0 Å². The highest BCUT2D eigenvalue weighted by Gasteiger charge is 2.27. The third-order valence-electron chi connectivity index (χ3n) is 5.03. The number of para-hydroxylation sites is 3. The van der Waals surface area contributed by atoms with E-state index in [1.165, 1.54) is 46.8 Å². The third-order valence-corrected chi connectivity index (χ3v) is 7.08. The van der Waals surface area contributed by atoms with Crippen LogP contribution in [0.3, 0.4) is 0 Å². The Labute approximate surface area is 202 Å². The number of amides is 1. The number of anilines is 2. The molecule has 0 spiro atoms. The summed E-state index contributed by atoms with van der Waals surface area (Å²) in [6.07, 6.45) is 0. The molecule has 0 aliphatic carbocycles. The molecular weight excluding hydrogens is 474 g/mol. The molecule has 0 atom stereocenters. The maximum atomic E-state index is 13.4. The summed E-state index contributed by atoms with van der Waals surface area (Å²) in [4.78, 5) is 35.1. The number of nitro benzene ring substituents is 1. The van der Waals surface area contributed by atoms with Crippen LogP contribution in [0.4, 0.5) is 17.1 Å². The van der Waals surface area contributed by atoms with E-state index in [1.54, 1.807) is 44.2 Å². The SMILES string of the molecule is CCN(c1ccccc1)S(=O)(=O)c1cc(C(=O)OCC(=O)Nc2ccccc2[N+](=O)[O-])ccc1C. The minimum atomic E-state index is -3.99. The number of esters is 1. The molecule has 11 heteroatoms. The van der Waals surface area contributed by atoms with Crippen LogP contribution in [0, 0.1) is 17.0 Å². The standard InChI is InChI=1S/C24H23N3O7S/c1-3-26(19-9-5-4-6-10-19)35(32,33)22-15-18(14-13-17(22)2)24(29)34-16-23(28)25-20-11-7-8-12-21(20)27(30)31/h4-15H,3,16H2,1-2H3,(H,25,28). The van der Waals surface area contributed by atoms with Crippen molar-refractivity contribution in [2.45, 2.75) is 18.7 Å². The van der Waals surface area contributed by atoms with Crippen molar-refractivity contribution in [2.75, 3.05) is 22.8 Å². The van der Waals surface area contributed by atoms with Crippen LogP contribution in [-0.2, 0) is 19.6 Å². The molecule has 0 fully saturated rings. The lowest BCUT2D eigenvalue weighted by molar-refractivity contribution is -0.383. The molecule has 0 saturated heterocycles. The molecule has 0 heterocycles. The van der Waals surface area contributed by atoms with Gasteiger partial charge in [0.15, 0.2) is 6.61 Å². The summed E-state index contributed by atoms with van der Waals surface area (Å²) in [5.41, 5.74) is 0.512. The van der Waals surface area contributed by atoms with E-state index in [0.717, 1.165) is 0 Å². The summed E-state index contributed by atoms with van der Waals surface area (Å²) in [5.74, 6) is -1.70. The fraction of sp³-hybridized carbons (Fsp3) is 0.167. The molecule has 0 aliphatic heterocycles. The van der Waals surface area contributed by atoms with E-state index in [-0.39, 0.29) is 28.4 Å². The Balaban J connectivity index is 1.76. The second-order valence-electron chi connectivity index (χ2n) is 7.38. The molecule has 3 rings (SSSR count). The number of hydrogen-bond donors (Lipinski definition) is 1.